The van der Waals surface area contributed by atoms with Crippen LogP contribution in [0.25, 0.3) is 0 Å². The molecule has 0 aliphatic carbocycles. The summed E-state index contributed by atoms with van der Waals surface area (Å²) in [7, 11) is -4.27. The van der Waals surface area contributed by atoms with Crippen molar-refractivity contribution in [3.05, 3.63) is 12.2 Å². The van der Waals surface area contributed by atoms with Gasteiger partial charge >= 0.3 is 29.6 Å². The molecule has 0 saturated heterocycles. The van der Waals surface area contributed by atoms with Crippen molar-refractivity contribution in [3.63, 3.8) is 0 Å². The summed E-state index contributed by atoms with van der Waals surface area (Å²) in [5.41, 5.74) is 4.58. The molecular formula is C7H14NNaO4S. The first-order chi connectivity index (χ1) is 5.80. The molecule has 0 aliphatic rings. The van der Waals surface area contributed by atoms with Crippen LogP contribution in [0, 0.1) is 0 Å². The van der Waals surface area contributed by atoms with Crippen molar-refractivity contribution in [3.8, 4) is 0 Å². The van der Waals surface area contributed by atoms with E-state index in [1.165, 1.54) is 0 Å². The fourth-order valence-corrected chi connectivity index (χ4v) is 1.93. The molecule has 1 atom stereocenters. The van der Waals surface area contributed by atoms with Crippen LogP contribution in [0.4, 0.5) is 0 Å². The van der Waals surface area contributed by atoms with Gasteiger partial charge in [-0.15, -0.1) is 0 Å². The standard InChI is InChI=1S/C7H13NO4S.Na.H/c1-3-4-6(13(10,11)12)5(2)7(8)9;;/h6H,2-4H2,1H3,(H2,8,9)(H,10,11,12);;. The normalized spacial score (nSPS) is 12.7. The number of primary amides is 1. The molecule has 14 heavy (non-hydrogen) atoms. The van der Waals surface area contributed by atoms with Crippen LogP contribution in [0.3, 0.4) is 0 Å². The van der Waals surface area contributed by atoms with Crippen LogP contribution >= 0.6 is 0 Å². The van der Waals surface area contributed by atoms with Crippen molar-refractivity contribution >= 4 is 45.6 Å². The SMILES string of the molecule is C=C(C(N)=O)C(CCC)S(=O)(=O)O.[NaH]. The van der Waals surface area contributed by atoms with E-state index in [1.54, 1.807) is 6.92 Å². The Morgan fingerprint density at radius 2 is 2.00 bits per heavy atom. The first kappa shape index (κ1) is 16.5. The van der Waals surface area contributed by atoms with E-state index >= 15 is 0 Å². The summed E-state index contributed by atoms with van der Waals surface area (Å²) in [6.07, 6.45) is 0.650. The first-order valence-corrected chi connectivity index (χ1v) is 5.26. The minimum absolute atomic E-state index is 0. The molecule has 0 rings (SSSR count). The summed E-state index contributed by atoms with van der Waals surface area (Å²) in [5, 5.41) is -1.27. The second kappa shape index (κ2) is 6.58. The topological polar surface area (TPSA) is 97.5 Å². The van der Waals surface area contributed by atoms with Crippen LogP contribution in [-0.2, 0) is 14.9 Å². The van der Waals surface area contributed by atoms with Gasteiger partial charge in [-0.1, -0.05) is 19.9 Å². The molecule has 78 valence electrons. The molecule has 3 N–H and O–H groups in total. The van der Waals surface area contributed by atoms with Gasteiger partial charge in [-0.05, 0) is 6.42 Å². The van der Waals surface area contributed by atoms with Crippen LogP contribution in [-0.4, -0.2) is 53.7 Å². The van der Waals surface area contributed by atoms with Crippen molar-refractivity contribution in [2.45, 2.75) is 25.0 Å². The van der Waals surface area contributed by atoms with E-state index in [4.69, 9.17) is 10.3 Å². The van der Waals surface area contributed by atoms with Crippen LogP contribution in [0.2, 0.25) is 0 Å². The molecule has 0 aromatic rings. The summed E-state index contributed by atoms with van der Waals surface area (Å²) in [6, 6.07) is 0. The summed E-state index contributed by atoms with van der Waals surface area (Å²) in [4.78, 5) is 10.6. The Labute approximate surface area is 106 Å². The molecule has 1 amide bonds. The molecule has 7 heteroatoms. The monoisotopic (exact) mass is 231 g/mol. The number of carbonyl (C=O) groups excluding carboxylic acids is 1. The fourth-order valence-electron chi connectivity index (χ4n) is 0.924. The van der Waals surface area contributed by atoms with Gasteiger partial charge in [-0.3, -0.25) is 9.35 Å². The number of hydrogen-bond donors (Lipinski definition) is 2. The zero-order chi connectivity index (χ0) is 10.6. The van der Waals surface area contributed by atoms with Gasteiger partial charge in [0, 0.05) is 5.57 Å². The maximum atomic E-state index is 10.8. The van der Waals surface area contributed by atoms with E-state index in [2.05, 4.69) is 6.58 Å². The molecular weight excluding hydrogens is 217 g/mol. The van der Waals surface area contributed by atoms with Crippen molar-refractivity contribution < 1.29 is 17.8 Å². The number of rotatable bonds is 5. The van der Waals surface area contributed by atoms with E-state index in [0.29, 0.717) is 6.42 Å². The maximum absolute atomic E-state index is 10.8. The first-order valence-electron chi connectivity index (χ1n) is 3.75. The zero-order valence-electron chi connectivity index (χ0n) is 7.36. The van der Waals surface area contributed by atoms with Crippen molar-refractivity contribution in [1.29, 1.82) is 0 Å². The summed E-state index contributed by atoms with van der Waals surface area (Å²) in [6.45, 7) is 4.95. The second-order valence-electron chi connectivity index (χ2n) is 2.68. The summed E-state index contributed by atoms with van der Waals surface area (Å²) < 4.78 is 30.2. The molecule has 0 fully saturated rings. The van der Waals surface area contributed by atoms with Crippen molar-refractivity contribution in [2.24, 2.45) is 5.73 Å². The number of carbonyl (C=O) groups is 1. The quantitative estimate of drug-likeness (QED) is 0.376. The summed E-state index contributed by atoms with van der Waals surface area (Å²) >= 11 is 0. The van der Waals surface area contributed by atoms with Crippen molar-refractivity contribution in [1.82, 2.24) is 0 Å². The van der Waals surface area contributed by atoms with E-state index in [-0.39, 0.29) is 41.6 Å². The van der Waals surface area contributed by atoms with E-state index in [9.17, 15) is 13.2 Å². The molecule has 0 aromatic heterocycles. The van der Waals surface area contributed by atoms with Crippen LogP contribution in [0.1, 0.15) is 19.8 Å². The van der Waals surface area contributed by atoms with Crippen LogP contribution in [0.5, 0.6) is 0 Å². The molecule has 0 heterocycles. The number of nitrogens with two attached hydrogens (primary N) is 1. The second-order valence-corrected chi connectivity index (χ2v) is 4.28. The Kier molecular flexibility index (Phi) is 7.77. The molecule has 0 aromatic carbocycles. The van der Waals surface area contributed by atoms with Gasteiger partial charge in [-0.2, -0.15) is 8.42 Å². The summed E-state index contributed by atoms with van der Waals surface area (Å²) in [5.74, 6) is -0.906. The van der Waals surface area contributed by atoms with Gasteiger partial charge in [0.25, 0.3) is 10.1 Å². The number of hydrogen-bond acceptors (Lipinski definition) is 3. The third-order valence-corrected chi connectivity index (χ3v) is 2.85. The Morgan fingerprint density at radius 1 is 1.57 bits per heavy atom. The van der Waals surface area contributed by atoms with Crippen molar-refractivity contribution in [2.75, 3.05) is 0 Å². The fraction of sp³-hybridized carbons (Fsp3) is 0.571. The van der Waals surface area contributed by atoms with Gasteiger partial charge in [0.2, 0.25) is 5.91 Å². The third kappa shape index (κ3) is 5.11. The number of amides is 1. The molecule has 0 bridgehead atoms. The Balaban J connectivity index is 0. The average molecular weight is 231 g/mol. The third-order valence-electron chi connectivity index (χ3n) is 1.62. The van der Waals surface area contributed by atoms with Gasteiger partial charge in [0.15, 0.2) is 0 Å². The molecule has 0 spiro atoms. The molecule has 1 unspecified atom stereocenters. The van der Waals surface area contributed by atoms with Gasteiger partial charge < -0.3 is 5.73 Å². The molecule has 0 aliphatic heterocycles. The van der Waals surface area contributed by atoms with E-state index in [0.717, 1.165) is 0 Å². The van der Waals surface area contributed by atoms with Crippen LogP contribution < -0.4 is 5.73 Å². The minimum atomic E-state index is -4.27. The Bertz CT molecular complexity index is 312. The zero-order valence-corrected chi connectivity index (χ0v) is 8.17. The predicted octanol–water partition coefficient (Wildman–Crippen LogP) is -0.564. The Hall–Kier alpha value is 0.120. The predicted molar refractivity (Wildman–Crippen MR) is 55.7 cm³/mol. The van der Waals surface area contributed by atoms with E-state index < -0.39 is 21.3 Å². The van der Waals surface area contributed by atoms with Gasteiger partial charge in [0.05, 0.1) is 0 Å². The van der Waals surface area contributed by atoms with Gasteiger partial charge in [0.1, 0.15) is 5.25 Å². The van der Waals surface area contributed by atoms with Gasteiger partial charge in [-0.25, -0.2) is 0 Å². The van der Waals surface area contributed by atoms with E-state index in [1.807, 2.05) is 0 Å². The average Bonchev–Trinajstić information content (AvgIpc) is 1.96. The Morgan fingerprint density at radius 3 is 2.21 bits per heavy atom. The molecule has 5 nitrogen and oxygen atoms in total. The molecule has 0 saturated carbocycles. The molecule has 0 radical (unpaired) electrons. The van der Waals surface area contributed by atoms with Crippen LogP contribution in [0.15, 0.2) is 12.2 Å².